The lowest BCUT2D eigenvalue weighted by atomic mass is 10.1. The Morgan fingerprint density at radius 1 is 0.288 bits per heavy atom. The van der Waals surface area contributed by atoms with E-state index in [1.54, 1.807) is 133 Å². The second-order valence-corrected chi connectivity index (χ2v) is 13.4. The Kier molecular flexibility index (Phi) is 13.9. The molecule has 0 atom stereocenters. The number of para-hydroxylation sites is 5. The van der Waals surface area contributed by atoms with Gasteiger partial charge in [0.15, 0.2) is 0 Å². The Labute approximate surface area is 303 Å². The molecule has 10 heteroatoms. The van der Waals surface area contributed by atoms with Crippen molar-refractivity contribution in [2.75, 3.05) is 0 Å². The van der Waals surface area contributed by atoms with E-state index >= 15 is 0 Å². The van der Waals surface area contributed by atoms with Crippen LogP contribution in [0.2, 0.25) is 0 Å². The Morgan fingerprint density at radius 3 is 0.712 bits per heavy atom. The molecule has 7 aromatic carbocycles. The summed E-state index contributed by atoms with van der Waals surface area (Å²) >= 11 is 0. The molecule has 0 aliphatic rings. The van der Waals surface area contributed by atoms with Gasteiger partial charge in [-0.15, -0.1) is 0 Å². The highest BCUT2D eigenvalue weighted by molar-refractivity contribution is 7.49. The molecule has 0 amide bonds. The predicted octanol–water partition coefficient (Wildman–Crippen LogP) is 11.9. The van der Waals surface area contributed by atoms with Gasteiger partial charge in [-0.05, 0) is 71.8 Å². The molecule has 0 fully saturated rings. The Balaban J connectivity index is 0.000000159. The molecule has 0 radical (unpaired) electrons. The van der Waals surface area contributed by atoms with Gasteiger partial charge in [0, 0.05) is 0 Å². The third-order valence-corrected chi connectivity index (χ3v) is 8.88. The zero-order valence-electron chi connectivity index (χ0n) is 27.9. The molecule has 52 heavy (non-hydrogen) atoms. The molecule has 0 spiro atoms. The molecule has 0 aromatic heterocycles. The first kappa shape index (κ1) is 37.2. The second-order valence-electron chi connectivity index (χ2n) is 10.7. The minimum atomic E-state index is -4.14. The zero-order valence-corrected chi connectivity index (χ0v) is 29.7. The third-order valence-electron chi connectivity index (χ3n) is 6.69. The molecule has 0 bridgehead atoms. The minimum Gasteiger partial charge on any atom is -0.395 e. The molecule has 0 saturated carbocycles. The summed E-state index contributed by atoms with van der Waals surface area (Å²) in [6.07, 6.45) is 0. The van der Waals surface area contributed by atoms with Gasteiger partial charge < -0.3 is 22.6 Å². The molecular weight excluding hydrogens is 694 g/mol. The fourth-order valence-corrected chi connectivity index (χ4v) is 6.46. The van der Waals surface area contributed by atoms with E-state index in [4.69, 9.17) is 22.6 Å². The van der Waals surface area contributed by atoms with Gasteiger partial charge in [-0.25, -0.2) is 4.57 Å². The summed E-state index contributed by atoms with van der Waals surface area (Å²) in [5, 5.41) is 0. The molecule has 7 rings (SSSR count). The van der Waals surface area contributed by atoms with Crippen molar-refractivity contribution >= 4 is 15.6 Å². The predicted molar refractivity (Wildman–Crippen MR) is 205 cm³/mol. The lowest BCUT2D eigenvalue weighted by Crippen LogP contribution is -2.07. The molecule has 1 N–H and O–H groups in total. The highest BCUT2D eigenvalue weighted by atomic mass is 31.2. The van der Waals surface area contributed by atoms with E-state index < -0.39 is 15.6 Å². The van der Waals surface area contributed by atoms with Gasteiger partial charge in [-0.1, -0.05) is 152 Å². The molecule has 8 nitrogen and oxygen atoms in total. The number of hydrogen-bond donors (Lipinski definition) is 1. The van der Waals surface area contributed by atoms with Crippen LogP contribution in [0.3, 0.4) is 0 Å². The van der Waals surface area contributed by atoms with E-state index in [0.717, 1.165) is 0 Å². The maximum absolute atomic E-state index is 13.1. The molecular formula is C42H36O8P2. The standard InChI is InChI=1S/C18H15O4P.C12H11O4P.C12H10/c19-23(20-16-10-4-1-5-11-16,21-17-12-6-2-7-13-17)22-18-14-8-3-9-15-18;13-17(14,15-11-7-3-1-4-8-11)16-12-9-5-2-6-10-12;1-3-7-11(8-4-1)12-9-5-2-6-10-12/h1-15H;1-10H,(H,13,14);1-10H. The van der Waals surface area contributed by atoms with Crippen molar-refractivity contribution in [3.8, 4) is 39.9 Å². The van der Waals surface area contributed by atoms with Crippen LogP contribution >= 0.6 is 15.6 Å². The third kappa shape index (κ3) is 13.0. The van der Waals surface area contributed by atoms with Gasteiger partial charge in [-0.3, -0.25) is 4.89 Å². The van der Waals surface area contributed by atoms with Gasteiger partial charge in [0.05, 0.1) is 0 Å². The van der Waals surface area contributed by atoms with Crippen LogP contribution in [-0.2, 0) is 9.13 Å². The highest BCUT2D eigenvalue weighted by Crippen LogP contribution is 2.49. The van der Waals surface area contributed by atoms with Crippen LogP contribution < -0.4 is 22.6 Å². The first-order valence-electron chi connectivity index (χ1n) is 16.1. The van der Waals surface area contributed by atoms with Crippen LogP contribution in [0.1, 0.15) is 0 Å². The Bertz CT molecular complexity index is 1920. The fraction of sp³-hybridized carbons (Fsp3) is 0. The quantitative estimate of drug-likeness (QED) is 0.131. The van der Waals surface area contributed by atoms with Gasteiger partial charge >= 0.3 is 15.6 Å². The van der Waals surface area contributed by atoms with Gasteiger partial charge in [-0.2, -0.15) is 4.57 Å². The van der Waals surface area contributed by atoms with Crippen LogP contribution in [-0.4, -0.2) is 4.89 Å². The maximum atomic E-state index is 13.1. The van der Waals surface area contributed by atoms with E-state index in [1.165, 1.54) is 11.1 Å². The number of hydrogen-bond acceptors (Lipinski definition) is 7. The van der Waals surface area contributed by atoms with E-state index in [-0.39, 0.29) is 11.5 Å². The van der Waals surface area contributed by atoms with Gasteiger partial charge in [0.1, 0.15) is 28.7 Å². The average molecular weight is 731 g/mol. The molecule has 0 saturated heterocycles. The van der Waals surface area contributed by atoms with E-state index in [9.17, 15) is 14.0 Å². The van der Waals surface area contributed by atoms with Crippen molar-refractivity contribution in [1.29, 1.82) is 0 Å². The van der Waals surface area contributed by atoms with Crippen LogP contribution in [0.5, 0.6) is 28.7 Å². The zero-order chi connectivity index (χ0) is 36.3. The van der Waals surface area contributed by atoms with Crippen LogP contribution in [0.15, 0.2) is 212 Å². The summed E-state index contributed by atoms with van der Waals surface area (Å²) in [5.41, 5.74) is 2.55. The van der Waals surface area contributed by atoms with Crippen molar-refractivity contribution in [3.05, 3.63) is 212 Å². The van der Waals surface area contributed by atoms with Crippen molar-refractivity contribution in [2.24, 2.45) is 0 Å². The van der Waals surface area contributed by atoms with Crippen molar-refractivity contribution in [1.82, 2.24) is 0 Å². The Morgan fingerprint density at radius 2 is 0.481 bits per heavy atom. The van der Waals surface area contributed by atoms with Gasteiger partial charge in [0.2, 0.25) is 0 Å². The molecule has 7 aromatic rings. The number of phosphoric ester groups is 2. The molecule has 0 heterocycles. The summed E-state index contributed by atoms with van der Waals surface area (Å²) in [5.74, 6) is 1.79. The molecule has 0 aliphatic heterocycles. The summed E-state index contributed by atoms with van der Waals surface area (Å²) in [4.78, 5) is 9.53. The van der Waals surface area contributed by atoms with E-state index in [1.807, 2.05) is 30.3 Å². The highest BCUT2D eigenvalue weighted by Gasteiger charge is 2.33. The minimum absolute atomic E-state index is 0.286. The summed E-state index contributed by atoms with van der Waals surface area (Å²) in [6.45, 7) is 0. The van der Waals surface area contributed by atoms with Crippen molar-refractivity contribution in [3.63, 3.8) is 0 Å². The van der Waals surface area contributed by atoms with E-state index in [0.29, 0.717) is 17.2 Å². The molecule has 262 valence electrons. The summed E-state index contributed by atoms with van der Waals surface area (Å²) in [7, 11) is -8.02. The van der Waals surface area contributed by atoms with Crippen LogP contribution in [0.4, 0.5) is 0 Å². The first-order chi connectivity index (χ1) is 25.4. The summed E-state index contributed by atoms with van der Waals surface area (Å²) in [6, 6.07) is 63.9. The number of benzene rings is 7. The largest absolute Gasteiger partial charge is 0.647 e. The van der Waals surface area contributed by atoms with Crippen molar-refractivity contribution < 1.29 is 36.6 Å². The second kappa shape index (κ2) is 19.4. The monoisotopic (exact) mass is 730 g/mol. The Hall–Kier alpha value is -6.04. The topological polar surface area (TPSA) is 101 Å². The summed E-state index contributed by atoms with van der Waals surface area (Å²) < 4.78 is 51.1. The average Bonchev–Trinajstić information content (AvgIpc) is 3.17. The number of rotatable bonds is 11. The molecule has 0 unspecified atom stereocenters. The smallest absolute Gasteiger partial charge is 0.395 e. The van der Waals surface area contributed by atoms with E-state index in [2.05, 4.69) is 48.5 Å². The molecule has 0 aliphatic carbocycles. The lowest BCUT2D eigenvalue weighted by molar-refractivity contribution is 0.290. The normalized spacial score (nSPS) is 10.6. The van der Waals surface area contributed by atoms with Crippen LogP contribution in [0.25, 0.3) is 11.1 Å². The first-order valence-corrected chi connectivity index (χ1v) is 19.1. The SMILES string of the molecule is O=P(O)(Oc1ccccc1)Oc1ccccc1.O=P(Oc1ccccc1)(Oc1ccccc1)Oc1ccccc1.c1ccc(-c2ccccc2)cc1. The van der Waals surface area contributed by atoms with Crippen molar-refractivity contribution in [2.45, 2.75) is 0 Å². The van der Waals surface area contributed by atoms with Crippen LogP contribution in [0, 0.1) is 0 Å². The van der Waals surface area contributed by atoms with Gasteiger partial charge in [0.25, 0.3) is 0 Å². The maximum Gasteiger partial charge on any atom is 0.647 e. The number of phosphoric acid groups is 2. The fourth-order valence-electron chi connectivity index (χ4n) is 4.40. The lowest BCUT2D eigenvalue weighted by Gasteiger charge is -2.19.